The first-order chi connectivity index (χ1) is 16.9. The Labute approximate surface area is 202 Å². The minimum atomic E-state index is -0.438. The Bertz CT molecular complexity index is 1400. The Kier molecular flexibility index (Phi) is 6.08. The maximum atomic E-state index is 14.3. The van der Waals surface area contributed by atoms with Gasteiger partial charge in [0.1, 0.15) is 0 Å². The number of halogens is 1. The first-order valence-electron chi connectivity index (χ1n) is 11.4. The molecule has 1 aliphatic rings. The highest BCUT2D eigenvalue weighted by atomic mass is 19.1. The average molecular weight is 475 g/mol. The van der Waals surface area contributed by atoms with Crippen molar-refractivity contribution in [1.82, 2.24) is 24.6 Å². The van der Waals surface area contributed by atoms with Gasteiger partial charge in [0, 0.05) is 61.8 Å². The molecule has 1 amide bonds. The van der Waals surface area contributed by atoms with Crippen LogP contribution in [0.25, 0.3) is 16.9 Å². The molecule has 1 fully saturated rings. The molecule has 0 radical (unpaired) electrons. The highest BCUT2D eigenvalue weighted by molar-refractivity contribution is 5.96. The van der Waals surface area contributed by atoms with Crippen molar-refractivity contribution in [2.75, 3.05) is 39.1 Å². The van der Waals surface area contributed by atoms with Gasteiger partial charge in [-0.2, -0.15) is 0 Å². The molecule has 8 nitrogen and oxygen atoms in total. The van der Waals surface area contributed by atoms with E-state index in [0.29, 0.717) is 28.5 Å². The van der Waals surface area contributed by atoms with E-state index in [2.05, 4.69) is 20.6 Å². The number of imidazole rings is 1. The van der Waals surface area contributed by atoms with Crippen molar-refractivity contribution in [2.24, 2.45) is 5.92 Å². The Balaban J connectivity index is 1.38. The van der Waals surface area contributed by atoms with Crippen LogP contribution < -0.4 is 15.4 Å². The molecule has 1 aliphatic heterocycles. The van der Waals surface area contributed by atoms with Gasteiger partial charge in [-0.3, -0.25) is 9.20 Å². The molecule has 9 heteroatoms. The van der Waals surface area contributed by atoms with Crippen LogP contribution in [0.1, 0.15) is 15.9 Å². The number of anilines is 2. The number of carbonyl (C=O) groups is 1. The summed E-state index contributed by atoms with van der Waals surface area (Å²) in [4.78, 5) is 23.7. The number of rotatable bonds is 7. The number of methoxy groups -OCH3 is 1. The van der Waals surface area contributed by atoms with E-state index in [9.17, 15) is 9.18 Å². The van der Waals surface area contributed by atoms with Crippen LogP contribution in [-0.2, 0) is 0 Å². The number of aryl methyl sites for hydroxylation is 1. The lowest BCUT2D eigenvalue weighted by Crippen LogP contribution is -2.48. The van der Waals surface area contributed by atoms with Gasteiger partial charge in [-0.15, -0.1) is 0 Å². The third-order valence-corrected chi connectivity index (χ3v) is 6.34. The van der Waals surface area contributed by atoms with Crippen molar-refractivity contribution < 1.29 is 13.9 Å². The predicted octanol–water partition coefficient (Wildman–Crippen LogP) is 3.89. The molecule has 0 saturated carbocycles. The number of nitrogens with zero attached hydrogens (tertiary/aromatic N) is 4. The largest absolute Gasteiger partial charge is 0.494 e. The number of benzene rings is 2. The Hall–Kier alpha value is -3.98. The highest BCUT2D eigenvalue weighted by Gasteiger charge is 2.22. The van der Waals surface area contributed by atoms with E-state index < -0.39 is 5.82 Å². The topological polar surface area (TPSA) is 83.8 Å². The summed E-state index contributed by atoms with van der Waals surface area (Å²) >= 11 is 0. The van der Waals surface area contributed by atoms with Crippen molar-refractivity contribution >= 4 is 23.1 Å². The van der Waals surface area contributed by atoms with Crippen LogP contribution in [0.3, 0.4) is 0 Å². The van der Waals surface area contributed by atoms with Crippen LogP contribution in [0, 0.1) is 18.7 Å². The smallest absolute Gasteiger partial charge is 0.253 e. The Morgan fingerprint density at radius 3 is 2.77 bits per heavy atom. The summed E-state index contributed by atoms with van der Waals surface area (Å²) < 4.78 is 21.1. The van der Waals surface area contributed by atoms with Gasteiger partial charge in [0.05, 0.1) is 19.0 Å². The zero-order chi connectivity index (χ0) is 24.5. The fraction of sp³-hybridized carbons (Fsp3) is 0.269. The van der Waals surface area contributed by atoms with Gasteiger partial charge in [-0.25, -0.2) is 14.4 Å². The minimum absolute atomic E-state index is 0.0193. The summed E-state index contributed by atoms with van der Waals surface area (Å²) in [5.74, 6) is 0.847. The molecule has 0 unspecified atom stereocenters. The number of nitrogens with one attached hydrogen (secondary N) is 2. The quantitative estimate of drug-likeness (QED) is 0.423. The van der Waals surface area contributed by atoms with Crippen molar-refractivity contribution in [3.63, 3.8) is 0 Å². The monoisotopic (exact) mass is 474 g/mol. The molecule has 0 spiro atoms. The van der Waals surface area contributed by atoms with Crippen molar-refractivity contribution in [3.8, 4) is 17.0 Å². The summed E-state index contributed by atoms with van der Waals surface area (Å²) in [7, 11) is 3.28. The standard InChI is InChI=1S/C26H27FN6O2/c1-16-10-19(5-6-20(16)26(34)32(2)15-17-12-28-13-17)31-24-25-30-14-22(33(25)9-8-29-24)18-4-7-23(35-3)21(27)11-18/h4-11,14,17,28H,12-13,15H2,1-3H3,(H,29,31). The van der Waals surface area contributed by atoms with Gasteiger partial charge in [0.25, 0.3) is 5.91 Å². The molecule has 3 heterocycles. The summed E-state index contributed by atoms with van der Waals surface area (Å²) in [6.45, 7) is 4.59. The first-order valence-corrected chi connectivity index (χ1v) is 11.4. The molecule has 5 rings (SSSR count). The second kappa shape index (κ2) is 9.34. The number of aromatic nitrogens is 3. The van der Waals surface area contributed by atoms with E-state index in [1.807, 2.05) is 36.6 Å². The van der Waals surface area contributed by atoms with Gasteiger partial charge >= 0.3 is 0 Å². The van der Waals surface area contributed by atoms with Gasteiger partial charge in [0.15, 0.2) is 23.0 Å². The molecule has 0 aliphatic carbocycles. The normalized spacial score (nSPS) is 13.5. The average Bonchev–Trinajstić information content (AvgIpc) is 3.26. The van der Waals surface area contributed by atoms with Crippen molar-refractivity contribution in [1.29, 1.82) is 0 Å². The summed E-state index contributed by atoms with van der Waals surface area (Å²) in [5.41, 5.74) is 4.36. The van der Waals surface area contributed by atoms with Crippen LogP contribution in [-0.4, -0.2) is 59.0 Å². The van der Waals surface area contributed by atoms with E-state index in [-0.39, 0.29) is 11.7 Å². The summed E-state index contributed by atoms with van der Waals surface area (Å²) in [6.07, 6.45) is 5.13. The number of hydrogen-bond acceptors (Lipinski definition) is 6. The lowest BCUT2D eigenvalue weighted by atomic mass is 10.0. The molecule has 1 saturated heterocycles. The Morgan fingerprint density at radius 1 is 1.26 bits per heavy atom. The van der Waals surface area contributed by atoms with E-state index in [0.717, 1.165) is 36.6 Å². The lowest BCUT2D eigenvalue weighted by molar-refractivity contribution is 0.0755. The molecular formula is C26H27FN6O2. The van der Waals surface area contributed by atoms with E-state index in [1.165, 1.54) is 13.2 Å². The highest BCUT2D eigenvalue weighted by Crippen LogP contribution is 2.29. The maximum Gasteiger partial charge on any atom is 0.253 e. The van der Waals surface area contributed by atoms with E-state index >= 15 is 0 Å². The number of hydrogen-bond donors (Lipinski definition) is 2. The molecule has 2 N–H and O–H groups in total. The van der Waals surface area contributed by atoms with Crippen molar-refractivity contribution in [2.45, 2.75) is 6.92 Å². The van der Waals surface area contributed by atoms with Crippen LogP contribution in [0.2, 0.25) is 0 Å². The van der Waals surface area contributed by atoms with Crippen molar-refractivity contribution in [3.05, 3.63) is 71.9 Å². The molecule has 180 valence electrons. The molecule has 35 heavy (non-hydrogen) atoms. The fourth-order valence-electron chi connectivity index (χ4n) is 4.32. The summed E-state index contributed by atoms with van der Waals surface area (Å²) in [6, 6.07) is 10.4. The first kappa shape index (κ1) is 22.8. The fourth-order valence-corrected chi connectivity index (χ4v) is 4.32. The molecule has 0 atom stereocenters. The second-order valence-electron chi connectivity index (χ2n) is 8.83. The lowest BCUT2D eigenvalue weighted by Gasteiger charge is -2.31. The van der Waals surface area contributed by atoms with Crippen LogP contribution in [0.4, 0.5) is 15.9 Å². The minimum Gasteiger partial charge on any atom is -0.494 e. The molecule has 2 aromatic carbocycles. The van der Waals surface area contributed by atoms with Gasteiger partial charge in [0.2, 0.25) is 0 Å². The maximum absolute atomic E-state index is 14.3. The van der Waals surface area contributed by atoms with Crippen LogP contribution in [0.5, 0.6) is 5.75 Å². The number of ether oxygens (including phenoxy) is 1. The third-order valence-electron chi connectivity index (χ3n) is 6.34. The zero-order valence-corrected chi connectivity index (χ0v) is 19.9. The van der Waals surface area contributed by atoms with Crippen LogP contribution >= 0.6 is 0 Å². The predicted molar refractivity (Wildman–Crippen MR) is 133 cm³/mol. The second-order valence-corrected chi connectivity index (χ2v) is 8.83. The molecule has 0 bridgehead atoms. The third kappa shape index (κ3) is 4.42. The number of amides is 1. The van der Waals surface area contributed by atoms with Gasteiger partial charge in [-0.05, 0) is 48.9 Å². The van der Waals surface area contributed by atoms with Gasteiger partial charge in [-0.1, -0.05) is 0 Å². The van der Waals surface area contributed by atoms with Gasteiger partial charge < -0.3 is 20.3 Å². The number of carbonyl (C=O) groups excluding carboxylic acids is 1. The SMILES string of the molecule is COc1ccc(-c2cnc3c(Nc4ccc(C(=O)N(C)CC5CNC5)c(C)c4)nccn23)cc1F. The Morgan fingerprint density at radius 2 is 2.09 bits per heavy atom. The molecule has 2 aromatic heterocycles. The number of fused-ring (bicyclic) bond motifs is 1. The molecular weight excluding hydrogens is 447 g/mol. The van der Waals surface area contributed by atoms with E-state index in [1.54, 1.807) is 35.6 Å². The van der Waals surface area contributed by atoms with E-state index in [4.69, 9.17) is 4.74 Å². The zero-order valence-electron chi connectivity index (χ0n) is 19.9. The van der Waals surface area contributed by atoms with Crippen LogP contribution in [0.15, 0.2) is 55.0 Å². The summed E-state index contributed by atoms with van der Waals surface area (Å²) in [5, 5.41) is 6.54. The molecule has 4 aromatic rings.